The molecular formula is C15H23NO. The topological polar surface area (TPSA) is 21.3 Å². The molecule has 1 atom stereocenters. The largest absolute Gasteiger partial charge is 0.378 e. The standard InChI is InChI=1S/C15H23NO/c1-12-4-6-13(7-5-12)8-9-14-10-17-11-15(2,3)16-14/h4-7,14,16H,8-11H2,1-3H3. The Kier molecular flexibility index (Phi) is 3.85. The minimum absolute atomic E-state index is 0.121. The van der Waals surface area contributed by atoms with E-state index >= 15 is 0 Å². The Morgan fingerprint density at radius 1 is 1.29 bits per heavy atom. The minimum Gasteiger partial charge on any atom is -0.378 e. The average molecular weight is 233 g/mol. The monoisotopic (exact) mass is 233 g/mol. The Labute approximate surface area is 104 Å². The van der Waals surface area contributed by atoms with Gasteiger partial charge in [-0.25, -0.2) is 0 Å². The number of morpholine rings is 1. The molecule has 1 N–H and O–H groups in total. The fraction of sp³-hybridized carbons (Fsp3) is 0.600. The molecule has 1 aliphatic rings. The first-order chi connectivity index (χ1) is 8.05. The number of benzene rings is 1. The smallest absolute Gasteiger partial charge is 0.0643 e. The van der Waals surface area contributed by atoms with E-state index in [4.69, 9.17) is 4.74 Å². The Hall–Kier alpha value is -0.860. The zero-order chi connectivity index (χ0) is 12.3. The summed E-state index contributed by atoms with van der Waals surface area (Å²) in [7, 11) is 0. The number of hydrogen-bond acceptors (Lipinski definition) is 2. The zero-order valence-corrected chi connectivity index (χ0v) is 11.1. The van der Waals surface area contributed by atoms with Crippen molar-refractivity contribution in [1.82, 2.24) is 5.32 Å². The summed E-state index contributed by atoms with van der Waals surface area (Å²) in [5.74, 6) is 0. The third kappa shape index (κ3) is 3.83. The molecule has 0 saturated carbocycles. The van der Waals surface area contributed by atoms with E-state index in [2.05, 4.69) is 50.4 Å². The van der Waals surface area contributed by atoms with Crippen LogP contribution in [0.2, 0.25) is 0 Å². The lowest BCUT2D eigenvalue weighted by molar-refractivity contribution is 0.0113. The molecule has 17 heavy (non-hydrogen) atoms. The Balaban J connectivity index is 1.84. The number of hydrogen-bond donors (Lipinski definition) is 1. The molecule has 0 radical (unpaired) electrons. The van der Waals surface area contributed by atoms with Crippen LogP contribution in [0.25, 0.3) is 0 Å². The molecule has 2 nitrogen and oxygen atoms in total. The SMILES string of the molecule is Cc1ccc(CCC2COCC(C)(C)N2)cc1. The van der Waals surface area contributed by atoms with Gasteiger partial charge in [0.2, 0.25) is 0 Å². The maximum absolute atomic E-state index is 5.64. The van der Waals surface area contributed by atoms with Crippen molar-refractivity contribution in [2.75, 3.05) is 13.2 Å². The molecule has 1 fully saturated rings. The highest BCUT2D eigenvalue weighted by Gasteiger charge is 2.27. The fourth-order valence-corrected chi connectivity index (χ4v) is 2.34. The van der Waals surface area contributed by atoms with E-state index in [-0.39, 0.29) is 5.54 Å². The number of rotatable bonds is 3. The average Bonchev–Trinajstić information content (AvgIpc) is 2.27. The molecule has 2 heteroatoms. The van der Waals surface area contributed by atoms with Gasteiger partial charge >= 0.3 is 0 Å². The predicted molar refractivity (Wildman–Crippen MR) is 71.3 cm³/mol. The predicted octanol–water partition coefficient (Wildman–Crippen LogP) is 2.69. The van der Waals surface area contributed by atoms with Crippen molar-refractivity contribution in [3.8, 4) is 0 Å². The van der Waals surface area contributed by atoms with Gasteiger partial charge in [0.1, 0.15) is 0 Å². The lowest BCUT2D eigenvalue weighted by Crippen LogP contribution is -2.55. The number of nitrogens with one attached hydrogen (secondary N) is 1. The molecule has 2 rings (SSSR count). The summed E-state index contributed by atoms with van der Waals surface area (Å²) in [5.41, 5.74) is 2.87. The molecule has 0 bridgehead atoms. The van der Waals surface area contributed by atoms with E-state index in [0.29, 0.717) is 6.04 Å². The molecule has 1 aromatic rings. The summed E-state index contributed by atoms with van der Waals surface area (Å²) in [6, 6.07) is 9.31. The first kappa shape index (κ1) is 12.6. The molecule has 1 unspecified atom stereocenters. The summed E-state index contributed by atoms with van der Waals surface area (Å²) in [6.07, 6.45) is 2.27. The Morgan fingerprint density at radius 2 is 2.00 bits per heavy atom. The highest BCUT2D eigenvalue weighted by atomic mass is 16.5. The fourth-order valence-electron chi connectivity index (χ4n) is 2.34. The summed E-state index contributed by atoms with van der Waals surface area (Å²) in [5, 5.41) is 3.65. The first-order valence-electron chi connectivity index (χ1n) is 6.46. The second-order valence-corrected chi connectivity index (χ2v) is 5.76. The van der Waals surface area contributed by atoms with E-state index in [1.54, 1.807) is 0 Å². The van der Waals surface area contributed by atoms with Crippen LogP contribution in [-0.2, 0) is 11.2 Å². The van der Waals surface area contributed by atoms with Crippen molar-refractivity contribution in [2.45, 2.75) is 45.2 Å². The van der Waals surface area contributed by atoms with Crippen LogP contribution in [0.1, 0.15) is 31.4 Å². The van der Waals surface area contributed by atoms with Crippen LogP contribution in [-0.4, -0.2) is 24.8 Å². The number of aryl methyl sites for hydroxylation is 2. The molecule has 1 saturated heterocycles. The summed E-state index contributed by atoms with van der Waals surface area (Å²) in [4.78, 5) is 0. The zero-order valence-electron chi connectivity index (χ0n) is 11.1. The van der Waals surface area contributed by atoms with Crippen LogP contribution in [0.3, 0.4) is 0 Å². The van der Waals surface area contributed by atoms with Gasteiger partial charge in [0.25, 0.3) is 0 Å². The normalized spacial score (nSPS) is 23.6. The van der Waals surface area contributed by atoms with Gasteiger partial charge in [0.05, 0.1) is 13.2 Å². The van der Waals surface area contributed by atoms with Crippen LogP contribution < -0.4 is 5.32 Å². The highest BCUT2D eigenvalue weighted by molar-refractivity contribution is 5.21. The lowest BCUT2D eigenvalue weighted by atomic mass is 9.99. The van der Waals surface area contributed by atoms with E-state index in [1.165, 1.54) is 11.1 Å². The lowest BCUT2D eigenvalue weighted by Gasteiger charge is -2.37. The van der Waals surface area contributed by atoms with Crippen molar-refractivity contribution in [3.63, 3.8) is 0 Å². The Morgan fingerprint density at radius 3 is 2.65 bits per heavy atom. The van der Waals surface area contributed by atoms with Gasteiger partial charge in [-0.2, -0.15) is 0 Å². The maximum Gasteiger partial charge on any atom is 0.0643 e. The van der Waals surface area contributed by atoms with Gasteiger partial charge in [-0.1, -0.05) is 29.8 Å². The van der Waals surface area contributed by atoms with Crippen LogP contribution >= 0.6 is 0 Å². The highest BCUT2D eigenvalue weighted by Crippen LogP contribution is 2.15. The third-order valence-electron chi connectivity index (χ3n) is 3.28. The van der Waals surface area contributed by atoms with E-state index in [1.807, 2.05) is 0 Å². The van der Waals surface area contributed by atoms with E-state index in [9.17, 15) is 0 Å². The summed E-state index contributed by atoms with van der Waals surface area (Å²) in [6.45, 7) is 8.18. The van der Waals surface area contributed by atoms with Crippen molar-refractivity contribution in [1.29, 1.82) is 0 Å². The number of ether oxygens (including phenoxy) is 1. The van der Waals surface area contributed by atoms with Gasteiger partial charge in [-0.15, -0.1) is 0 Å². The second-order valence-electron chi connectivity index (χ2n) is 5.76. The third-order valence-corrected chi connectivity index (χ3v) is 3.28. The van der Waals surface area contributed by atoms with Crippen molar-refractivity contribution in [2.24, 2.45) is 0 Å². The summed E-state index contributed by atoms with van der Waals surface area (Å²) >= 11 is 0. The van der Waals surface area contributed by atoms with Crippen LogP contribution in [0.15, 0.2) is 24.3 Å². The van der Waals surface area contributed by atoms with E-state index < -0.39 is 0 Å². The molecule has 1 aliphatic heterocycles. The van der Waals surface area contributed by atoms with Gasteiger partial charge in [0, 0.05) is 11.6 Å². The summed E-state index contributed by atoms with van der Waals surface area (Å²) < 4.78 is 5.64. The van der Waals surface area contributed by atoms with Gasteiger partial charge < -0.3 is 10.1 Å². The van der Waals surface area contributed by atoms with Crippen LogP contribution in [0.5, 0.6) is 0 Å². The maximum atomic E-state index is 5.64. The molecule has 0 spiro atoms. The van der Waals surface area contributed by atoms with Crippen LogP contribution in [0.4, 0.5) is 0 Å². The van der Waals surface area contributed by atoms with Gasteiger partial charge in [-0.3, -0.25) is 0 Å². The van der Waals surface area contributed by atoms with Crippen LogP contribution in [0, 0.1) is 6.92 Å². The molecule has 94 valence electrons. The second kappa shape index (κ2) is 5.19. The molecule has 0 aliphatic carbocycles. The molecule has 1 heterocycles. The van der Waals surface area contributed by atoms with Crippen molar-refractivity contribution in [3.05, 3.63) is 35.4 Å². The molecule has 0 amide bonds. The van der Waals surface area contributed by atoms with E-state index in [0.717, 1.165) is 26.1 Å². The first-order valence-corrected chi connectivity index (χ1v) is 6.46. The molecular weight excluding hydrogens is 210 g/mol. The molecule has 1 aromatic carbocycles. The Bertz CT molecular complexity index is 356. The van der Waals surface area contributed by atoms with Gasteiger partial charge in [0.15, 0.2) is 0 Å². The molecule has 0 aromatic heterocycles. The minimum atomic E-state index is 0.121. The van der Waals surface area contributed by atoms with Crippen molar-refractivity contribution < 1.29 is 4.74 Å². The van der Waals surface area contributed by atoms with Gasteiger partial charge in [-0.05, 0) is 39.2 Å². The quantitative estimate of drug-likeness (QED) is 0.866. The van der Waals surface area contributed by atoms with Crippen molar-refractivity contribution >= 4 is 0 Å².